The second-order valence-electron chi connectivity index (χ2n) is 9.06. The van der Waals surface area contributed by atoms with Gasteiger partial charge in [-0.2, -0.15) is 0 Å². The molecule has 0 saturated carbocycles. The van der Waals surface area contributed by atoms with E-state index in [4.69, 9.17) is 4.74 Å². The fourth-order valence-electron chi connectivity index (χ4n) is 4.95. The Balaban J connectivity index is 0.00000512. The quantitative estimate of drug-likeness (QED) is 0.253. The van der Waals surface area contributed by atoms with Crippen LogP contribution in [0.15, 0.2) is 23.8 Å². The van der Waals surface area contributed by atoms with Gasteiger partial charge in [-0.05, 0) is 49.5 Å². The Kier molecular flexibility index (Phi) is 12.7. The first-order valence-electron chi connectivity index (χ1n) is 11.5. The van der Waals surface area contributed by atoms with Crippen LogP contribution in [0.2, 0.25) is 0 Å². The molecule has 0 aliphatic heterocycles. The summed E-state index contributed by atoms with van der Waals surface area (Å²) in [5.74, 6) is -1.52. The number of aliphatic hydroxyl groups is 3. The summed E-state index contributed by atoms with van der Waals surface area (Å²) in [5.41, 5.74) is 0.954. The maximum Gasteiger partial charge on any atom is 1.00 e. The molecule has 0 fully saturated rings. The number of aliphatic carboxylic acids is 1. The van der Waals surface area contributed by atoms with E-state index in [1.807, 2.05) is 26.0 Å². The van der Waals surface area contributed by atoms with Gasteiger partial charge in [0.25, 0.3) is 0 Å². The molecule has 0 unspecified atom stereocenters. The number of esters is 1. The first-order chi connectivity index (χ1) is 14.7. The van der Waals surface area contributed by atoms with E-state index in [0.717, 1.165) is 5.57 Å². The first kappa shape index (κ1) is 29.3. The molecule has 176 valence electrons. The molecular formula is C24H37NaO7. The van der Waals surface area contributed by atoms with E-state index in [2.05, 4.69) is 13.0 Å². The Hall–Kier alpha value is -0.700. The number of carboxylic acid groups (broad SMARTS) is 1. The molecule has 2 aliphatic rings. The monoisotopic (exact) mass is 460 g/mol. The van der Waals surface area contributed by atoms with E-state index >= 15 is 0 Å². The van der Waals surface area contributed by atoms with Gasteiger partial charge in [-0.25, -0.2) is 0 Å². The smallest absolute Gasteiger partial charge is 0.550 e. The zero-order valence-corrected chi connectivity index (χ0v) is 21.8. The Morgan fingerprint density at radius 3 is 2.47 bits per heavy atom. The zero-order chi connectivity index (χ0) is 23.1. The predicted octanol–water partition coefficient (Wildman–Crippen LogP) is -1.50. The van der Waals surface area contributed by atoms with E-state index in [0.29, 0.717) is 32.1 Å². The number of carbonyl (C=O) groups excluding carboxylic acids is 2. The normalized spacial score (nSPS) is 28.8. The van der Waals surface area contributed by atoms with Gasteiger partial charge in [-0.3, -0.25) is 4.79 Å². The summed E-state index contributed by atoms with van der Waals surface area (Å²) < 4.78 is 5.92. The van der Waals surface area contributed by atoms with Crippen molar-refractivity contribution in [2.45, 2.75) is 90.1 Å². The van der Waals surface area contributed by atoms with Crippen molar-refractivity contribution in [3.05, 3.63) is 23.8 Å². The van der Waals surface area contributed by atoms with E-state index < -0.39 is 36.8 Å². The van der Waals surface area contributed by atoms with Crippen LogP contribution in [0.5, 0.6) is 0 Å². The molecule has 0 bridgehead atoms. The van der Waals surface area contributed by atoms with Gasteiger partial charge < -0.3 is 30.0 Å². The summed E-state index contributed by atoms with van der Waals surface area (Å²) in [5, 5.41) is 41.0. The van der Waals surface area contributed by atoms with Gasteiger partial charge >= 0.3 is 35.5 Å². The summed E-state index contributed by atoms with van der Waals surface area (Å²) in [6.45, 7) is 6.00. The van der Waals surface area contributed by atoms with E-state index in [-0.39, 0.29) is 65.6 Å². The van der Waals surface area contributed by atoms with Crippen molar-refractivity contribution < 1.29 is 64.3 Å². The van der Waals surface area contributed by atoms with E-state index in [1.165, 1.54) is 0 Å². The van der Waals surface area contributed by atoms with Crippen LogP contribution >= 0.6 is 0 Å². The summed E-state index contributed by atoms with van der Waals surface area (Å²) in [6.07, 6.45) is 5.07. The molecule has 0 heterocycles. The molecule has 2 aliphatic carbocycles. The van der Waals surface area contributed by atoms with Crippen molar-refractivity contribution in [3.63, 3.8) is 0 Å². The number of carboxylic acids is 1. The maximum absolute atomic E-state index is 12.7. The fraction of sp³-hybridized carbons (Fsp3) is 0.750. The second kappa shape index (κ2) is 13.9. The molecule has 32 heavy (non-hydrogen) atoms. The van der Waals surface area contributed by atoms with Crippen LogP contribution in [-0.4, -0.2) is 51.7 Å². The van der Waals surface area contributed by atoms with Crippen molar-refractivity contribution in [3.8, 4) is 0 Å². The zero-order valence-electron chi connectivity index (χ0n) is 19.8. The minimum Gasteiger partial charge on any atom is -0.550 e. The molecule has 2 rings (SSSR count). The number of rotatable bonds is 11. The average molecular weight is 461 g/mol. The number of hydrogen-bond donors (Lipinski definition) is 3. The Labute approximate surface area is 213 Å². The molecule has 0 spiro atoms. The van der Waals surface area contributed by atoms with Gasteiger partial charge in [0.05, 0.1) is 24.2 Å². The SMILES string of the molecule is CCC(CC)C(=O)O[C@H]1C[C@H](O)C=C2C=C[C@H](C)[C@H](CC[C@@H](O)C[C@@H](O)CC(=O)[O-])[C@H]21.[Na+]. The van der Waals surface area contributed by atoms with Gasteiger partial charge in [-0.1, -0.05) is 39.0 Å². The van der Waals surface area contributed by atoms with Gasteiger partial charge in [-0.15, -0.1) is 0 Å². The van der Waals surface area contributed by atoms with Crippen molar-refractivity contribution in [1.29, 1.82) is 0 Å². The van der Waals surface area contributed by atoms with Gasteiger partial charge in [0.15, 0.2) is 0 Å². The van der Waals surface area contributed by atoms with Crippen molar-refractivity contribution in [2.24, 2.45) is 23.7 Å². The molecule has 7 atom stereocenters. The minimum atomic E-state index is -1.34. The molecule has 0 radical (unpaired) electrons. The number of allylic oxidation sites excluding steroid dienone is 2. The molecule has 0 aromatic heterocycles. The molecule has 7 nitrogen and oxygen atoms in total. The van der Waals surface area contributed by atoms with Crippen LogP contribution < -0.4 is 34.7 Å². The summed E-state index contributed by atoms with van der Waals surface area (Å²) in [4.78, 5) is 23.3. The van der Waals surface area contributed by atoms with Crippen LogP contribution in [-0.2, 0) is 14.3 Å². The first-order valence-corrected chi connectivity index (χ1v) is 11.5. The molecule has 0 amide bonds. The van der Waals surface area contributed by atoms with Crippen LogP contribution in [0.4, 0.5) is 0 Å². The standard InChI is InChI=1S/C24H38O7.Na/c1-4-15(5-2)24(30)31-21-12-18(26)10-16-7-6-14(3)20(23(16)21)9-8-17(25)11-19(27)13-22(28)29;/h6-7,10,14-15,17-21,23,25-27H,4-5,8-9,11-13H2,1-3H3,(H,28,29);/q;+1/p-1/t14-,17+,18+,19+,20-,21-,23-;/m0./s1. The molecular weight excluding hydrogens is 423 g/mol. The van der Waals surface area contributed by atoms with Gasteiger partial charge in [0.2, 0.25) is 0 Å². The number of hydrogen-bond acceptors (Lipinski definition) is 7. The Morgan fingerprint density at radius 2 is 1.88 bits per heavy atom. The predicted molar refractivity (Wildman–Crippen MR) is 113 cm³/mol. The molecule has 3 N–H and O–H groups in total. The van der Waals surface area contributed by atoms with Crippen molar-refractivity contribution >= 4 is 11.9 Å². The Morgan fingerprint density at radius 1 is 1.22 bits per heavy atom. The van der Waals surface area contributed by atoms with Crippen LogP contribution in [0.1, 0.15) is 65.7 Å². The minimum absolute atomic E-state index is 0. The third-order valence-corrected chi connectivity index (χ3v) is 6.74. The van der Waals surface area contributed by atoms with Gasteiger partial charge in [0.1, 0.15) is 6.10 Å². The largest absolute Gasteiger partial charge is 1.00 e. The molecule has 8 heteroatoms. The number of carbonyl (C=O) groups is 2. The third kappa shape index (κ3) is 8.26. The van der Waals surface area contributed by atoms with Gasteiger partial charge in [0, 0.05) is 24.7 Å². The number of aliphatic hydroxyl groups excluding tert-OH is 3. The van der Waals surface area contributed by atoms with Crippen LogP contribution in [0.3, 0.4) is 0 Å². The van der Waals surface area contributed by atoms with Crippen LogP contribution in [0.25, 0.3) is 0 Å². The summed E-state index contributed by atoms with van der Waals surface area (Å²) >= 11 is 0. The maximum atomic E-state index is 12.7. The van der Waals surface area contributed by atoms with Crippen LogP contribution in [0, 0.1) is 23.7 Å². The third-order valence-electron chi connectivity index (χ3n) is 6.74. The molecule has 0 aromatic carbocycles. The van der Waals surface area contributed by atoms with Crippen molar-refractivity contribution in [1.82, 2.24) is 0 Å². The summed E-state index contributed by atoms with van der Waals surface area (Å²) in [6, 6.07) is 0. The van der Waals surface area contributed by atoms with Crippen molar-refractivity contribution in [2.75, 3.05) is 0 Å². The topological polar surface area (TPSA) is 127 Å². The second-order valence-corrected chi connectivity index (χ2v) is 9.06. The fourth-order valence-corrected chi connectivity index (χ4v) is 4.95. The molecule has 0 aromatic rings. The molecule has 0 saturated heterocycles. The van der Waals surface area contributed by atoms with E-state index in [1.54, 1.807) is 0 Å². The number of ether oxygens (including phenoxy) is 1. The van der Waals surface area contributed by atoms with E-state index in [9.17, 15) is 30.0 Å². The summed E-state index contributed by atoms with van der Waals surface area (Å²) in [7, 11) is 0. The Bertz CT molecular complexity index is 673. The number of fused-ring (bicyclic) bond motifs is 1. The average Bonchev–Trinajstić information content (AvgIpc) is 2.67.